The normalized spacial score (nSPS) is 19.0. The zero-order valence-electron chi connectivity index (χ0n) is 8.89. The van der Waals surface area contributed by atoms with Crippen molar-refractivity contribution in [2.45, 2.75) is 19.5 Å². The van der Waals surface area contributed by atoms with Crippen molar-refractivity contribution in [3.8, 4) is 0 Å². The second-order valence-electron chi connectivity index (χ2n) is 3.19. The molecule has 0 radical (unpaired) electrons. The van der Waals surface area contributed by atoms with E-state index >= 15 is 0 Å². The molecule has 0 saturated carbocycles. The van der Waals surface area contributed by atoms with E-state index in [4.69, 9.17) is 16.2 Å². The highest BCUT2D eigenvalue weighted by atomic mass is 35.5. The Morgan fingerprint density at radius 1 is 1.27 bits per heavy atom. The van der Waals surface area contributed by atoms with Gasteiger partial charge in [-0.15, -0.1) is 24.8 Å². The number of guanidine groups is 1. The van der Waals surface area contributed by atoms with E-state index in [1.807, 2.05) is 6.92 Å². The highest BCUT2D eigenvalue weighted by molar-refractivity contribution is 5.85. The van der Waals surface area contributed by atoms with Gasteiger partial charge in [0.25, 0.3) is 0 Å². The number of ether oxygens (including phenoxy) is 1. The van der Waals surface area contributed by atoms with Crippen LogP contribution in [0, 0.1) is 0 Å². The summed E-state index contributed by atoms with van der Waals surface area (Å²) in [5.41, 5.74) is 10.6. The van der Waals surface area contributed by atoms with Gasteiger partial charge < -0.3 is 16.2 Å². The number of hydrogen-bond acceptors (Lipinski definition) is 3. The van der Waals surface area contributed by atoms with Crippen LogP contribution in [0.15, 0.2) is 4.99 Å². The molecule has 0 bridgehead atoms. The molecule has 92 valence electrons. The Labute approximate surface area is 103 Å². The fraction of sp³-hybridized carbons (Fsp3) is 0.875. The van der Waals surface area contributed by atoms with Crippen LogP contribution < -0.4 is 11.5 Å². The molecule has 1 aliphatic rings. The number of nitrogens with two attached hydrogens (primary N) is 2. The van der Waals surface area contributed by atoms with Gasteiger partial charge in [-0.1, -0.05) is 0 Å². The van der Waals surface area contributed by atoms with Crippen molar-refractivity contribution >= 4 is 30.8 Å². The van der Waals surface area contributed by atoms with E-state index in [0.29, 0.717) is 0 Å². The summed E-state index contributed by atoms with van der Waals surface area (Å²) in [5, 5.41) is 0. The SMILES string of the molecule is CC(N=C(N)N)N1CCCOCC1.Cl.Cl. The van der Waals surface area contributed by atoms with E-state index in [-0.39, 0.29) is 36.9 Å². The number of rotatable bonds is 2. The van der Waals surface area contributed by atoms with Gasteiger partial charge >= 0.3 is 0 Å². The fourth-order valence-electron chi connectivity index (χ4n) is 1.44. The number of hydrogen-bond donors (Lipinski definition) is 2. The fourth-order valence-corrected chi connectivity index (χ4v) is 1.44. The Hall–Kier alpha value is -0.230. The summed E-state index contributed by atoms with van der Waals surface area (Å²) < 4.78 is 5.33. The van der Waals surface area contributed by atoms with Crippen LogP contribution in [-0.2, 0) is 4.74 Å². The molecule has 1 rings (SSSR count). The molecule has 0 aromatic rings. The van der Waals surface area contributed by atoms with E-state index in [0.717, 1.165) is 32.7 Å². The summed E-state index contributed by atoms with van der Waals surface area (Å²) in [6.07, 6.45) is 1.11. The van der Waals surface area contributed by atoms with Crippen LogP contribution in [0.1, 0.15) is 13.3 Å². The lowest BCUT2D eigenvalue weighted by Gasteiger charge is -2.23. The zero-order valence-corrected chi connectivity index (χ0v) is 10.5. The maximum absolute atomic E-state index is 5.33. The quantitative estimate of drug-likeness (QED) is 0.547. The van der Waals surface area contributed by atoms with Crippen molar-refractivity contribution in [3.05, 3.63) is 0 Å². The molecule has 15 heavy (non-hydrogen) atoms. The maximum atomic E-state index is 5.33. The van der Waals surface area contributed by atoms with Crippen molar-refractivity contribution in [2.24, 2.45) is 16.5 Å². The van der Waals surface area contributed by atoms with Crippen LogP contribution in [0.2, 0.25) is 0 Å². The molecule has 1 atom stereocenters. The Bertz CT molecular complexity index is 179. The molecule has 1 unspecified atom stereocenters. The average Bonchev–Trinajstić information content (AvgIpc) is 2.29. The van der Waals surface area contributed by atoms with Gasteiger partial charge in [0.2, 0.25) is 0 Å². The minimum absolute atomic E-state index is 0. The Balaban J connectivity index is 0. The molecule has 5 nitrogen and oxygen atoms in total. The average molecular weight is 259 g/mol. The van der Waals surface area contributed by atoms with Crippen LogP contribution >= 0.6 is 24.8 Å². The summed E-state index contributed by atoms with van der Waals surface area (Å²) >= 11 is 0. The Morgan fingerprint density at radius 2 is 1.93 bits per heavy atom. The van der Waals surface area contributed by atoms with Gasteiger partial charge in [0, 0.05) is 19.7 Å². The van der Waals surface area contributed by atoms with E-state index in [2.05, 4.69) is 9.89 Å². The molecule has 0 aliphatic carbocycles. The van der Waals surface area contributed by atoms with Crippen LogP contribution in [0.5, 0.6) is 0 Å². The molecular weight excluding hydrogens is 239 g/mol. The van der Waals surface area contributed by atoms with Gasteiger partial charge in [0.15, 0.2) is 5.96 Å². The number of halogens is 2. The van der Waals surface area contributed by atoms with Gasteiger partial charge in [0.05, 0.1) is 6.61 Å². The second kappa shape index (κ2) is 9.03. The van der Waals surface area contributed by atoms with Crippen molar-refractivity contribution in [3.63, 3.8) is 0 Å². The Kier molecular flexibility index (Phi) is 10.3. The molecule has 1 saturated heterocycles. The Morgan fingerprint density at radius 3 is 2.53 bits per heavy atom. The third-order valence-electron chi connectivity index (χ3n) is 2.12. The number of nitrogens with zero attached hydrogens (tertiary/aromatic N) is 2. The summed E-state index contributed by atoms with van der Waals surface area (Å²) in [4.78, 5) is 6.30. The first-order chi connectivity index (χ1) is 6.20. The summed E-state index contributed by atoms with van der Waals surface area (Å²) in [7, 11) is 0. The minimum atomic E-state index is 0. The maximum Gasteiger partial charge on any atom is 0.187 e. The predicted octanol–water partition coefficient (Wildman–Crippen LogP) is 0.172. The van der Waals surface area contributed by atoms with Crippen molar-refractivity contribution < 1.29 is 4.74 Å². The molecule has 0 aromatic heterocycles. The second-order valence-corrected chi connectivity index (χ2v) is 3.19. The molecule has 4 N–H and O–H groups in total. The van der Waals surface area contributed by atoms with E-state index in [9.17, 15) is 0 Å². The lowest BCUT2D eigenvalue weighted by molar-refractivity contribution is 0.135. The molecule has 7 heteroatoms. The van der Waals surface area contributed by atoms with Crippen LogP contribution in [0.25, 0.3) is 0 Å². The smallest absolute Gasteiger partial charge is 0.187 e. The number of aliphatic imine (C=N–C) groups is 1. The largest absolute Gasteiger partial charge is 0.380 e. The summed E-state index contributed by atoms with van der Waals surface area (Å²) in [6.45, 7) is 5.50. The molecule has 1 fully saturated rings. The first-order valence-electron chi connectivity index (χ1n) is 4.60. The standard InChI is InChI=1S/C8H18N4O.2ClH/c1-7(11-8(9)10)12-3-2-5-13-6-4-12;;/h7H,2-6H2,1H3,(H4,9,10,11);2*1H. The third-order valence-corrected chi connectivity index (χ3v) is 2.12. The summed E-state index contributed by atoms with van der Waals surface area (Å²) in [5.74, 6) is 0.151. The van der Waals surface area contributed by atoms with Crippen LogP contribution in [-0.4, -0.2) is 43.3 Å². The first kappa shape index (κ1) is 17.2. The van der Waals surface area contributed by atoms with Crippen LogP contribution in [0.4, 0.5) is 0 Å². The topological polar surface area (TPSA) is 76.9 Å². The van der Waals surface area contributed by atoms with Gasteiger partial charge in [-0.05, 0) is 13.3 Å². The molecule has 0 aromatic carbocycles. The molecule has 1 heterocycles. The van der Waals surface area contributed by atoms with Gasteiger partial charge in [0.1, 0.15) is 6.17 Å². The predicted molar refractivity (Wildman–Crippen MR) is 66.8 cm³/mol. The summed E-state index contributed by atoms with van der Waals surface area (Å²) in [6, 6.07) is 0. The van der Waals surface area contributed by atoms with Crippen molar-refractivity contribution in [2.75, 3.05) is 26.3 Å². The monoisotopic (exact) mass is 258 g/mol. The third kappa shape index (κ3) is 6.78. The lowest BCUT2D eigenvalue weighted by Crippen LogP contribution is -2.37. The van der Waals surface area contributed by atoms with E-state index in [1.54, 1.807) is 0 Å². The van der Waals surface area contributed by atoms with E-state index < -0.39 is 0 Å². The van der Waals surface area contributed by atoms with Gasteiger partial charge in [-0.25, -0.2) is 4.99 Å². The van der Waals surface area contributed by atoms with Gasteiger partial charge in [-0.3, -0.25) is 4.90 Å². The zero-order chi connectivity index (χ0) is 9.68. The molecular formula is C8H20Cl2N4O. The van der Waals surface area contributed by atoms with Crippen LogP contribution in [0.3, 0.4) is 0 Å². The van der Waals surface area contributed by atoms with E-state index in [1.165, 1.54) is 0 Å². The van der Waals surface area contributed by atoms with Gasteiger partial charge in [-0.2, -0.15) is 0 Å². The molecule has 1 aliphatic heterocycles. The van der Waals surface area contributed by atoms with Crippen molar-refractivity contribution in [1.82, 2.24) is 4.90 Å². The highest BCUT2D eigenvalue weighted by Gasteiger charge is 2.14. The lowest BCUT2D eigenvalue weighted by atomic mass is 10.3. The minimum Gasteiger partial charge on any atom is -0.380 e. The molecule has 0 amide bonds. The highest BCUT2D eigenvalue weighted by Crippen LogP contribution is 2.05. The first-order valence-corrected chi connectivity index (χ1v) is 4.60. The molecule has 0 spiro atoms. The van der Waals surface area contributed by atoms with Crippen molar-refractivity contribution in [1.29, 1.82) is 0 Å².